The van der Waals surface area contributed by atoms with E-state index in [0.717, 1.165) is 0 Å². The zero-order valence-corrected chi connectivity index (χ0v) is 10.4. The van der Waals surface area contributed by atoms with Crippen molar-refractivity contribution in [2.75, 3.05) is 0 Å². The second-order valence-corrected chi connectivity index (χ2v) is 4.44. The van der Waals surface area contributed by atoms with Gasteiger partial charge in [0.25, 0.3) is 0 Å². The van der Waals surface area contributed by atoms with Gasteiger partial charge in [-0.2, -0.15) is 0 Å². The first-order chi connectivity index (χ1) is 8.15. The van der Waals surface area contributed by atoms with Gasteiger partial charge in [-0.05, 0) is 24.3 Å². The summed E-state index contributed by atoms with van der Waals surface area (Å²) in [5.74, 6) is 0.311. The van der Waals surface area contributed by atoms with Gasteiger partial charge in [-0.15, -0.1) is 0 Å². The second-order valence-electron chi connectivity index (χ2n) is 3.52. The molecule has 0 aliphatic rings. The molecule has 2 aromatic carbocycles. The van der Waals surface area contributed by atoms with Gasteiger partial charge in [0.2, 0.25) is 0 Å². The Bertz CT molecular complexity index is 529. The van der Waals surface area contributed by atoms with E-state index in [-0.39, 0.29) is 18.2 Å². The Morgan fingerprint density at radius 1 is 1.18 bits per heavy atom. The Hall–Kier alpha value is -1.55. The number of hydrogen-bond acceptors (Lipinski definition) is 2. The van der Waals surface area contributed by atoms with Gasteiger partial charge in [0.15, 0.2) is 0 Å². The van der Waals surface area contributed by atoms with E-state index in [1.807, 2.05) is 0 Å². The number of hydrogen-bond donors (Lipinski definition) is 1. The summed E-state index contributed by atoms with van der Waals surface area (Å²) >= 11 is 3.19. The van der Waals surface area contributed by atoms with Crippen LogP contribution in [0.2, 0.25) is 0 Å². The van der Waals surface area contributed by atoms with Crippen LogP contribution in [0.1, 0.15) is 5.56 Å². The molecule has 0 bridgehead atoms. The minimum atomic E-state index is -0.320. The third-order valence-corrected chi connectivity index (χ3v) is 2.72. The quantitative estimate of drug-likeness (QED) is 0.931. The van der Waals surface area contributed by atoms with E-state index >= 15 is 0 Å². The second kappa shape index (κ2) is 5.19. The fourth-order valence-corrected chi connectivity index (χ4v) is 1.71. The number of halogens is 2. The zero-order valence-electron chi connectivity index (χ0n) is 8.86. The molecule has 0 atom stereocenters. The van der Waals surface area contributed by atoms with Crippen LogP contribution in [0.25, 0.3) is 0 Å². The molecule has 2 aromatic rings. The molecule has 2 rings (SSSR count). The van der Waals surface area contributed by atoms with Crippen molar-refractivity contribution < 1.29 is 14.2 Å². The fraction of sp³-hybridized carbons (Fsp3) is 0.0769. The molecule has 0 spiro atoms. The molecule has 0 heterocycles. The maximum absolute atomic E-state index is 13.5. The molecule has 1 N–H and O–H groups in total. The van der Waals surface area contributed by atoms with Crippen molar-refractivity contribution in [3.63, 3.8) is 0 Å². The molecular formula is C13H10BrFO2. The van der Waals surface area contributed by atoms with Gasteiger partial charge < -0.3 is 9.84 Å². The maximum atomic E-state index is 13.5. The van der Waals surface area contributed by atoms with E-state index in [1.165, 1.54) is 12.1 Å². The minimum Gasteiger partial charge on any atom is -0.508 e. The Balaban J connectivity index is 2.07. The molecule has 0 fully saturated rings. The molecule has 4 heteroatoms. The highest BCUT2D eigenvalue weighted by Crippen LogP contribution is 2.20. The Morgan fingerprint density at radius 2 is 2.00 bits per heavy atom. The summed E-state index contributed by atoms with van der Waals surface area (Å²) < 4.78 is 19.5. The summed E-state index contributed by atoms with van der Waals surface area (Å²) in [6.07, 6.45) is 0. The maximum Gasteiger partial charge on any atom is 0.130 e. The largest absolute Gasteiger partial charge is 0.508 e. The van der Waals surface area contributed by atoms with Crippen LogP contribution in [-0.2, 0) is 6.61 Å². The highest BCUT2D eigenvalue weighted by Gasteiger charge is 2.04. The van der Waals surface area contributed by atoms with Crippen LogP contribution < -0.4 is 4.74 Å². The molecule has 0 aromatic heterocycles. The number of phenols is 1. The number of phenolic OH excluding ortho intramolecular Hbond substituents is 1. The van der Waals surface area contributed by atoms with Gasteiger partial charge >= 0.3 is 0 Å². The molecule has 2 nitrogen and oxygen atoms in total. The molecule has 0 saturated heterocycles. The summed E-state index contributed by atoms with van der Waals surface area (Å²) in [5, 5.41) is 9.24. The van der Waals surface area contributed by atoms with E-state index in [9.17, 15) is 9.50 Å². The van der Waals surface area contributed by atoms with E-state index in [2.05, 4.69) is 15.9 Å². The predicted molar refractivity (Wildman–Crippen MR) is 66.5 cm³/mol. The number of ether oxygens (including phenoxy) is 1. The minimum absolute atomic E-state index is 0.124. The first-order valence-electron chi connectivity index (χ1n) is 5.01. The van der Waals surface area contributed by atoms with Gasteiger partial charge in [-0.25, -0.2) is 4.39 Å². The Kier molecular flexibility index (Phi) is 3.64. The number of rotatable bonds is 3. The van der Waals surface area contributed by atoms with E-state index in [1.54, 1.807) is 30.3 Å². The molecule has 0 amide bonds. The predicted octanol–water partition coefficient (Wildman–Crippen LogP) is 3.87. The SMILES string of the molecule is Oc1cccc(OCc2ccc(Br)cc2F)c1. The van der Waals surface area contributed by atoms with Crippen molar-refractivity contribution in [1.29, 1.82) is 0 Å². The summed E-state index contributed by atoms with van der Waals surface area (Å²) in [6, 6.07) is 11.2. The van der Waals surface area contributed by atoms with Crippen molar-refractivity contribution in [3.8, 4) is 11.5 Å². The van der Waals surface area contributed by atoms with Crippen LogP contribution in [0.3, 0.4) is 0 Å². The summed E-state index contributed by atoms with van der Waals surface area (Å²) in [7, 11) is 0. The Labute approximate surface area is 107 Å². The smallest absolute Gasteiger partial charge is 0.130 e. The van der Waals surface area contributed by atoms with Crippen LogP contribution in [-0.4, -0.2) is 5.11 Å². The van der Waals surface area contributed by atoms with Crippen molar-refractivity contribution >= 4 is 15.9 Å². The highest BCUT2D eigenvalue weighted by molar-refractivity contribution is 9.10. The molecule has 0 radical (unpaired) electrons. The van der Waals surface area contributed by atoms with Crippen LogP contribution >= 0.6 is 15.9 Å². The summed E-state index contributed by atoms with van der Waals surface area (Å²) in [5.41, 5.74) is 0.469. The number of benzene rings is 2. The average molecular weight is 297 g/mol. The Morgan fingerprint density at radius 3 is 2.71 bits per heavy atom. The van der Waals surface area contributed by atoms with Crippen LogP contribution in [0.15, 0.2) is 46.9 Å². The average Bonchev–Trinajstić information content (AvgIpc) is 2.28. The van der Waals surface area contributed by atoms with Gasteiger partial charge in [0.05, 0.1) is 0 Å². The lowest BCUT2D eigenvalue weighted by atomic mass is 10.2. The van der Waals surface area contributed by atoms with Crippen molar-refractivity contribution in [2.24, 2.45) is 0 Å². The van der Waals surface area contributed by atoms with E-state index in [4.69, 9.17) is 4.74 Å². The molecule has 88 valence electrons. The van der Waals surface area contributed by atoms with Crippen LogP contribution in [0, 0.1) is 5.82 Å². The van der Waals surface area contributed by atoms with E-state index < -0.39 is 0 Å². The molecule has 0 unspecified atom stereocenters. The molecule has 0 aliphatic heterocycles. The van der Waals surface area contributed by atoms with Crippen molar-refractivity contribution in [1.82, 2.24) is 0 Å². The van der Waals surface area contributed by atoms with Crippen molar-refractivity contribution in [2.45, 2.75) is 6.61 Å². The lowest BCUT2D eigenvalue weighted by Crippen LogP contribution is -1.98. The monoisotopic (exact) mass is 296 g/mol. The van der Waals surface area contributed by atoms with Gasteiger partial charge in [0, 0.05) is 16.1 Å². The van der Waals surface area contributed by atoms with Crippen LogP contribution in [0.5, 0.6) is 11.5 Å². The lowest BCUT2D eigenvalue weighted by molar-refractivity contribution is 0.298. The lowest BCUT2D eigenvalue weighted by Gasteiger charge is -2.07. The standard InChI is InChI=1S/C13H10BrFO2/c14-10-5-4-9(13(15)6-10)8-17-12-3-1-2-11(16)7-12/h1-7,16H,8H2. The fourth-order valence-electron chi connectivity index (χ4n) is 1.37. The number of aromatic hydroxyl groups is 1. The van der Waals surface area contributed by atoms with Gasteiger partial charge in [0.1, 0.15) is 23.9 Å². The normalized spacial score (nSPS) is 10.2. The first-order valence-corrected chi connectivity index (χ1v) is 5.80. The van der Waals surface area contributed by atoms with E-state index in [0.29, 0.717) is 15.8 Å². The zero-order chi connectivity index (χ0) is 12.3. The first kappa shape index (κ1) is 11.9. The topological polar surface area (TPSA) is 29.5 Å². The van der Waals surface area contributed by atoms with Gasteiger partial charge in [-0.1, -0.05) is 28.1 Å². The summed E-state index contributed by atoms with van der Waals surface area (Å²) in [4.78, 5) is 0. The third kappa shape index (κ3) is 3.20. The van der Waals surface area contributed by atoms with Gasteiger partial charge in [-0.3, -0.25) is 0 Å². The molecule has 0 aliphatic carbocycles. The van der Waals surface area contributed by atoms with Crippen molar-refractivity contribution in [3.05, 3.63) is 58.3 Å². The molecule has 17 heavy (non-hydrogen) atoms. The summed E-state index contributed by atoms with van der Waals surface area (Å²) in [6.45, 7) is 0.128. The third-order valence-electron chi connectivity index (χ3n) is 2.23. The highest BCUT2D eigenvalue weighted by atomic mass is 79.9. The molecule has 0 saturated carbocycles. The molecular weight excluding hydrogens is 287 g/mol. The van der Waals surface area contributed by atoms with Crippen LogP contribution in [0.4, 0.5) is 4.39 Å².